The molecule has 1 N–H and O–H groups in total. The molecular formula is C28H25NO3S. The summed E-state index contributed by atoms with van der Waals surface area (Å²) in [6.45, 7) is 4.62. The second kappa shape index (κ2) is 9.32. The summed E-state index contributed by atoms with van der Waals surface area (Å²) in [5.41, 5.74) is 6.17. The summed E-state index contributed by atoms with van der Waals surface area (Å²) in [6.07, 6.45) is 0. The topological polar surface area (TPSA) is 51.6 Å². The smallest absolute Gasteiger partial charge is 0.144 e. The highest BCUT2D eigenvalue weighted by Crippen LogP contribution is 2.40. The van der Waals surface area contributed by atoms with Crippen LogP contribution in [0.2, 0.25) is 0 Å². The lowest BCUT2D eigenvalue weighted by atomic mass is 10.0. The highest BCUT2D eigenvalue weighted by atomic mass is 32.1. The summed E-state index contributed by atoms with van der Waals surface area (Å²) < 4.78 is 12.9. The molecule has 0 saturated heterocycles. The number of hydrogen-bond acceptors (Lipinski definition) is 5. The molecule has 5 aromatic rings. The third kappa shape index (κ3) is 4.23. The Morgan fingerprint density at radius 1 is 0.909 bits per heavy atom. The zero-order chi connectivity index (χ0) is 22.8. The molecule has 3 aromatic carbocycles. The number of aryl methyl sites for hydroxylation is 2. The minimum absolute atomic E-state index is 0.275. The molecule has 166 valence electrons. The van der Waals surface area contributed by atoms with Gasteiger partial charge in [0.2, 0.25) is 0 Å². The van der Waals surface area contributed by atoms with Gasteiger partial charge >= 0.3 is 0 Å². The highest BCUT2D eigenvalue weighted by molar-refractivity contribution is 7.22. The minimum atomic E-state index is -0.340. The van der Waals surface area contributed by atoms with Crippen LogP contribution in [-0.4, -0.2) is 16.9 Å². The average Bonchev–Trinajstić information content (AvgIpc) is 3.19. The Morgan fingerprint density at radius 2 is 1.70 bits per heavy atom. The molecule has 0 unspecified atom stereocenters. The van der Waals surface area contributed by atoms with E-state index in [1.807, 2.05) is 42.5 Å². The largest absolute Gasteiger partial charge is 0.488 e. The van der Waals surface area contributed by atoms with Gasteiger partial charge in [-0.2, -0.15) is 0 Å². The first-order valence-corrected chi connectivity index (χ1v) is 11.7. The Balaban J connectivity index is 1.65. The van der Waals surface area contributed by atoms with Crippen molar-refractivity contribution in [1.29, 1.82) is 0 Å². The van der Waals surface area contributed by atoms with Gasteiger partial charge in [0.15, 0.2) is 0 Å². The van der Waals surface area contributed by atoms with Gasteiger partial charge in [-0.25, -0.2) is 4.98 Å². The first kappa shape index (κ1) is 21.6. The van der Waals surface area contributed by atoms with Crippen LogP contribution in [0, 0.1) is 13.8 Å². The van der Waals surface area contributed by atoms with Gasteiger partial charge in [-0.05, 0) is 59.7 Å². The number of fused-ring (bicyclic) bond motifs is 2. The molecule has 2 aromatic heterocycles. The van der Waals surface area contributed by atoms with Gasteiger partial charge in [-0.1, -0.05) is 54.6 Å². The molecule has 0 saturated carbocycles. The maximum Gasteiger partial charge on any atom is 0.144 e. The fraction of sp³-hybridized carbons (Fsp3) is 0.179. The Labute approximate surface area is 197 Å². The molecule has 5 heteroatoms. The molecule has 33 heavy (non-hydrogen) atoms. The first-order chi connectivity index (χ1) is 16.2. The van der Waals surface area contributed by atoms with Crippen molar-refractivity contribution in [2.75, 3.05) is 6.79 Å². The minimum Gasteiger partial charge on any atom is -0.488 e. The lowest BCUT2D eigenvalue weighted by Crippen LogP contribution is -2.02. The lowest BCUT2D eigenvalue weighted by Gasteiger charge is -2.16. The van der Waals surface area contributed by atoms with Crippen LogP contribution in [0.3, 0.4) is 0 Å². The van der Waals surface area contributed by atoms with Crippen LogP contribution < -0.4 is 4.74 Å². The SMILES string of the molecule is Cc1c(-c2cc(COCO)c3c(OCc4ccccc4)ccc(C)c3n2)sc2ccccc12. The predicted molar refractivity (Wildman–Crippen MR) is 135 cm³/mol. The van der Waals surface area contributed by atoms with Gasteiger partial charge in [0.25, 0.3) is 0 Å². The fourth-order valence-electron chi connectivity index (χ4n) is 4.18. The second-order valence-electron chi connectivity index (χ2n) is 8.08. The molecule has 0 bridgehead atoms. The van der Waals surface area contributed by atoms with Crippen LogP contribution in [0.4, 0.5) is 0 Å². The van der Waals surface area contributed by atoms with E-state index in [0.29, 0.717) is 6.61 Å². The zero-order valence-corrected chi connectivity index (χ0v) is 19.5. The summed E-state index contributed by atoms with van der Waals surface area (Å²) >= 11 is 1.75. The van der Waals surface area contributed by atoms with Crippen LogP contribution in [0.5, 0.6) is 5.75 Å². The summed E-state index contributed by atoms with van der Waals surface area (Å²) in [5, 5.41) is 11.5. The molecule has 0 aliphatic heterocycles. The molecule has 0 radical (unpaired) electrons. The highest BCUT2D eigenvalue weighted by Gasteiger charge is 2.18. The Morgan fingerprint density at radius 3 is 2.48 bits per heavy atom. The molecule has 0 aliphatic rings. The van der Waals surface area contributed by atoms with Crippen molar-refractivity contribution >= 4 is 32.3 Å². The van der Waals surface area contributed by atoms with Crippen molar-refractivity contribution in [3.8, 4) is 16.3 Å². The molecule has 0 aliphatic carbocycles. The van der Waals surface area contributed by atoms with Gasteiger partial charge in [0, 0.05) is 10.1 Å². The summed E-state index contributed by atoms with van der Waals surface area (Å²) in [7, 11) is 0. The van der Waals surface area contributed by atoms with E-state index in [1.54, 1.807) is 11.3 Å². The van der Waals surface area contributed by atoms with Crippen LogP contribution in [0.15, 0.2) is 72.8 Å². The molecule has 0 spiro atoms. The molecular weight excluding hydrogens is 430 g/mol. The van der Waals surface area contributed by atoms with Gasteiger partial charge in [0.1, 0.15) is 19.1 Å². The summed E-state index contributed by atoms with van der Waals surface area (Å²) in [5.74, 6) is 0.767. The number of pyridine rings is 1. The standard InChI is InChI=1S/C28H25NO3S/c1-18-12-13-24(32-15-20-8-4-3-5-9-20)26-21(16-31-17-30)14-23(29-27(18)26)28-19(2)22-10-6-7-11-25(22)33-28/h3-14,30H,15-17H2,1-2H3. The van der Waals surface area contributed by atoms with Crippen molar-refractivity contribution < 1.29 is 14.6 Å². The number of rotatable bonds is 7. The van der Waals surface area contributed by atoms with E-state index in [-0.39, 0.29) is 13.4 Å². The van der Waals surface area contributed by atoms with Gasteiger partial charge in [-0.3, -0.25) is 0 Å². The Kier molecular flexibility index (Phi) is 6.09. The normalized spacial score (nSPS) is 11.4. The molecule has 0 fully saturated rings. The van der Waals surface area contributed by atoms with Gasteiger partial charge in [-0.15, -0.1) is 11.3 Å². The van der Waals surface area contributed by atoms with Crippen molar-refractivity contribution in [3.05, 3.63) is 95.1 Å². The molecule has 4 nitrogen and oxygen atoms in total. The second-order valence-corrected chi connectivity index (χ2v) is 9.13. The average molecular weight is 456 g/mol. The predicted octanol–water partition coefficient (Wildman–Crippen LogP) is 6.78. The van der Waals surface area contributed by atoms with E-state index in [9.17, 15) is 5.11 Å². The van der Waals surface area contributed by atoms with E-state index in [0.717, 1.165) is 43.9 Å². The maximum atomic E-state index is 9.33. The van der Waals surface area contributed by atoms with Gasteiger partial charge in [0.05, 0.1) is 22.7 Å². The molecule has 0 atom stereocenters. The summed E-state index contributed by atoms with van der Waals surface area (Å²) in [6, 6.07) is 24.7. The monoisotopic (exact) mass is 455 g/mol. The third-order valence-electron chi connectivity index (χ3n) is 5.87. The molecule has 5 rings (SSSR count). The van der Waals surface area contributed by atoms with Crippen molar-refractivity contribution in [3.63, 3.8) is 0 Å². The van der Waals surface area contributed by atoms with Crippen LogP contribution in [-0.2, 0) is 18.0 Å². The molecule has 2 heterocycles. The van der Waals surface area contributed by atoms with Crippen molar-refractivity contribution in [2.24, 2.45) is 0 Å². The maximum absolute atomic E-state index is 9.33. The number of aliphatic hydroxyl groups excluding tert-OH is 1. The number of ether oxygens (including phenoxy) is 2. The zero-order valence-electron chi connectivity index (χ0n) is 18.7. The van der Waals surface area contributed by atoms with E-state index < -0.39 is 0 Å². The molecule has 0 amide bonds. The van der Waals surface area contributed by atoms with Crippen molar-refractivity contribution in [1.82, 2.24) is 4.98 Å². The summed E-state index contributed by atoms with van der Waals surface area (Å²) in [4.78, 5) is 6.25. The van der Waals surface area contributed by atoms with Crippen LogP contribution >= 0.6 is 11.3 Å². The van der Waals surface area contributed by atoms with E-state index in [1.165, 1.54) is 15.6 Å². The lowest BCUT2D eigenvalue weighted by molar-refractivity contribution is -0.0108. The van der Waals surface area contributed by atoms with E-state index >= 15 is 0 Å². The number of aromatic nitrogens is 1. The number of nitrogens with zero attached hydrogens (tertiary/aromatic N) is 1. The quantitative estimate of drug-likeness (QED) is 0.275. The van der Waals surface area contributed by atoms with Crippen LogP contribution in [0.1, 0.15) is 22.3 Å². The number of aliphatic hydroxyl groups is 1. The van der Waals surface area contributed by atoms with Gasteiger partial charge < -0.3 is 14.6 Å². The number of benzene rings is 3. The van der Waals surface area contributed by atoms with Crippen LogP contribution in [0.25, 0.3) is 31.6 Å². The Hall–Kier alpha value is -3.25. The van der Waals surface area contributed by atoms with E-state index in [2.05, 4.69) is 44.2 Å². The Bertz CT molecular complexity index is 1430. The fourth-order valence-corrected chi connectivity index (χ4v) is 5.35. The van der Waals surface area contributed by atoms with E-state index in [4.69, 9.17) is 14.5 Å². The third-order valence-corrected chi connectivity index (χ3v) is 7.16. The number of hydrogen-bond donors (Lipinski definition) is 1. The number of thiophene rings is 1. The first-order valence-electron chi connectivity index (χ1n) is 10.9. The van der Waals surface area contributed by atoms with Crippen molar-refractivity contribution in [2.45, 2.75) is 27.1 Å².